The van der Waals surface area contributed by atoms with E-state index in [1.165, 1.54) is 0 Å². The Morgan fingerprint density at radius 3 is 2.00 bits per heavy atom. The number of alkyl halides is 1. The molecule has 0 spiro atoms. The molecule has 0 fully saturated rings. The van der Waals surface area contributed by atoms with Gasteiger partial charge in [-0.05, 0) is 18.4 Å². The van der Waals surface area contributed by atoms with Crippen LogP contribution in [0.1, 0.15) is 50.2 Å². The number of rotatable bonds is 10. The standard InChI is InChI=1S/C15H24ClO3P/c1-3-5-12-18-20(17,19-13-6-4-2)15(16)14-10-8-7-9-11-14/h7-11,15H,3-6,12-13H2,1-2H3. The fourth-order valence-corrected chi connectivity index (χ4v) is 3.76. The largest absolute Gasteiger partial charge is 0.352 e. The Morgan fingerprint density at radius 1 is 1.05 bits per heavy atom. The van der Waals surface area contributed by atoms with Crippen molar-refractivity contribution in [3.05, 3.63) is 35.9 Å². The second kappa shape index (κ2) is 9.57. The third-order valence-corrected chi connectivity index (χ3v) is 5.80. The summed E-state index contributed by atoms with van der Waals surface area (Å²) < 4.78 is 24.0. The summed E-state index contributed by atoms with van der Waals surface area (Å²) >= 11 is 6.36. The van der Waals surface area contributed by atoms with E-state index in [2.05, 4.69) is 13.8 Å². The lowest BCUT2D eigenvalue weighted by atomic mass is 10.2. The Labute approximate surface area is 127 Å². The van der Waals surface area contributed by atoms with Crippen molar-refractivity contribution < 1.29 is 13.6 Å². The average Bonchev–Trinajstić information content (AvgIpc) is 2.48. The molecule has 114 valence electrons. The molecule has 0 saturated heterocycles. The van der Waals surface area contributed by atoms with Crippen molar-refractivity contribution in [2.75, 3.05) is 13.2 Å². The van der Waals surface area contributed by atoms with Gasteiger partial charge in [0.05, 0.1) is 13.2 Å². The quantitative estimate of drug-likeness (QED) is 0.313. The van der Waals surface area contributed by atoms with Gasteiger partial charge in [0.25, 0.3) is 0 Å². The van der Waals surface area contributed by atoms with Crippen LogP contribution in [0.25, 0.3) is 0 Å². The summed E-state index contributed by atoms with van der Waals surface area (Å²) in [5.74, 6) is 0. The van der Waals surface area contributed by atoms with Gasteiger partial charge >= 0.3 is 7.60 Å². The summed E-state index contributed by atoms with van der Waals surface area (Å²) in [5.41, 5.74) is 0.769. The Morgan fingerprint density at radius 2 is 1.55 bits per heavy atom. The lowest BCUT2D eigenvalue weighted by Crippen LogP contribution is -2.04. The molecule has 0 aliphatic carbocycles. The van der Waals surface area contributed by atoms with Gasteiger partial charge in [-0.15, -0.1) is 11.6 Å². The van der Waals surface area contributed by atoms with E-state index in [1.807, 2.05) is 30.3 Å². The normalized spacial score (nSPS) is 13.3. The smallest absolute Gasteiger partial charge is 0.307 e. The van der Waals surface area contributed by atoms with E-state index >= 15 is 0 Å². The lowest BCUT2D eigenvalue weighted by molar-refractivity contribution is 0.198. The Bertz CT molecular complexity index is 397. The second-order valence-corrected chi connectivity index (χ2v) is 7.51. The van der Waals surface area contributed by atoms with Crippen LogP contribution < -0.4 is 0 Å². The van der Waals surface area contributed by atoms with E-state index in [4.69, 9.17) is 20.6 Å². The molecule has 1 rings (SSSR count). The van der Waals surface area contributed by atoms with Crippen molar-refractivity contribution >= 4 is 19.2 Å². The fraction of sp³-hybridized carbons (Fsp3) is 0.600. The minimum Gasteiger partial charge on any atom is -0.307 e. The molecule has 0 N–H and O–H groups in total. The second-order valence-electron chi connectivity index (χ2n) is 4.66. The van der Waals surface area contributed by atoms with Crippen molar-refractivity contribution in [3.8, 4) is 0 Å². The molecule has 5 heteroatoms. The van der Waals surface area contributed by atoms with Crippen LogP contribution in [-0.4, -0.2) is 13.2 Å². The van der Waals surface area contributed by atoms with Crippen molar-refractivity contribution in [1.82, 2.24) is 0 Å². The molecule has 0 saturated carbocycles. The van der Waals surface area contributed by atoms with Gasteiger partial charge in [-0.2, -0.15) is 0 Å². The maximum Gasteiger partial charge on any atom is 0.352 e. The number of hydrogen-bond donors (Lipinski definition) is 0. The van der Waals surface area contributed by atoms with Crippen LogP contribution >= 0.6 is 19.2 Å². The van der Waals surface area contributed by atoms with Crippen molar-refractivity contribution in [2.24, 2.45) is 0 Å². The molecule has 1 aromatic rings. The summed E-state index contributed by atoms with van der Waals surface area (Å²) in [6.45, 7) is 4.94. The summed E-state index contributed by atoms with van der Waals surface area (Å²) in [6.07, 6.45) is 3.65. The molecular weight excluding hydrogens is 295 g/mol. The first-order valence-corrected chi connectivity index (χ1v) is 9.26. The van der Waals surface area contributed by atoms with Crippen molar-refractivity contribution in [2.45, 2.75) is 44.6 Å². The van der Waals surface area contributed by atoms with Crippen molar-refractivity contribution in [1.29, 1.82) is 0 Å². The predicted molar refractivity (Wildman–Crippen MR) is 84.4 cm³/mol. The molecule has 0 aliphatic rings. The fourth-order valence-electron chi connectivity index (χ4n) is 1.63. The van der Waals surface area contributed by atoms with E-state index in [9.17, 15) is 4.57 Å². The third-order valence-electron chi connectivity index (χ3n) is 2.89. The van der Waals surface area contributed by atoms with E-state index in [0.29, 0.717) is 13.2 Å². The molecule has 20 heavy (non-hydrogen) atoms. The van der Waals surface area contributed by atoms with E-state index in [-0.39, 0.29) is 0 Å². The molecule has 3 nitrogen and oxygen atoms in total. The molecule has 1 atom stereocenters. The molecule has 0 radical (unpaired) electrons. The van der Waals surface area contributed by atoms with Crippen LogP contribution in [0.4, 0.5) is 0 Å². The van der Waals surface area contributed by atoms with E-state index < -0.39 is 12.7 Å². The molecule has 0 aromatic heterocycles. The lowest BCUT2D eigenvalue weighted by Gasteiger charge is -2.23. The highest BCUT2D eigenvalue weighted by Gasteiger charge is 2.35. The topological polar surface area (TPSA) is 35.5 Å². The summed E-state index contributed by atoms with van der Waals surface area (Å²) in [7, 11) is -3.33. The van der Waals surface area contributed by atoms with Gasteiger partial charge in [-0.3, -0.25) is 4.57 Å². The highest BCUT2D eigenvalue weighted by molar-refractivity contribution is 7.56. The first kappa shape index (κ1) is 17.7. The molecule has 0 heterocycles. The Hall–Kier alpha value is -0.340. The minimum atomic E-state index is -3.33. The van der Waals surface area contributed by atoms with Crippen LogP contribution in [0.15, 0.2) is 30.3 Å². The van der Waals surface area contributed by atoms with Crippen molar-refractivity contribution in [3.63, 3.8) is 0 Å². The van der Waals surface area contributed by atoms with E-state index in [1.54, 1.807) is 0 Å². The molecular formula is C15H24ClO3P. The minimum absolute atomic E-state index is 0.413. The molecule has 0 amide bonds. The van der Waals surface area contributed by atoms with Gasteiger partial charge in [0, 0.05) is 0 Å². The maximum atomic E-state index is 12.9. The maximum absolute atomic E-state index is 12.9. The first-order valence-electron chi connectivity index (χ1n) is 7.22. The molecule has 0 aliphatic heterocycles. The zero-order valence-corrected chi connectivity index (χ0v) is 13.9. The first-order chi connectivity index (χ1) is 9.64. The van der Waals surface area contributed by atoms with Gasteiger partial charge < -0.3 is 9.05 Å². The van der Waals surface area contributed by atoms with Gasteiger partial charge in [-0.1, -0.05) is 57.0 Å². The van der Waals surface area contributed by atoms with Crippen LogP contribution in [-0.2, 0) is 13.6 Å². The third kappa shape index (κ3) is 5.57. The number of unbranched alkanes of at least 4 members (excludes halogenated alkanes) is 2. The zero-order chi connectivity index (χ0) is 14.8. The zero-order valence-electron chi connectivity index (χ0n) is 12.3. The number of hydrogen-bond acceptors (Lipinski definition) is 3. The van der Waals surface area contributed by atoms with E-state index in [0.717, 1.165) is 31.2 Å². The number of benzene rings is 1. The molecule has 1 unspecified atom stereocenters. The monoisotopic (exact) mass is 318 g/mol. The van der Waals surface area contributed by atoms with Gasteiger partial charge in [0.2, 0.25) is 0 Å². The van der Waals surface area contributed by atoms with Crippen LogP contribution in [0.2, 0.25) is 0 Å². The van der Waals surface area contributed by atoms with Gasteiger partial charge in [0.15, 0.2) is 5.12 Å². The highest BCUT2D eigenvalue weighted by Crippen LogP contribution is 2.63. The summed E-state index contributed by atoms with van der Waals surface area (Å²) in [6, 6.07) is 9.32. The SMILES string of the molecule is CCCCOP(=O)(OCCCC)C(Cl)c1ccccc1. The van der Waals surface area contributed by atoms with Crippen LogP contribution in [0, 0.1) is 0 Å². The highest BCUT2D eigenvalue weighted by atomic mass is 35.5. The Kier molecular flexibility index (Phi) is 8.47. The molecule has 0 bridgehead atoms. The number of halogens is 1. The predicted octanol–water partition coefficient (Wildman–Crippen LogP) is 5.75. The van der Waals surface area contributed by atoms with Crippen LogP contribution in [0.5, 0.6) is 0 Å². The Balaban J connectivity index is 2.77. The summed E-state index contributed by atoms with van der Waals surface area (Å²) in [4.78, 5) is 0. The van der Waals surface area contributed by atoms with Crippen LogP contribution in [0.3, 0.4) is 0 Å². The summed E-state index contributed by atoms with van der Waals surface area (Å²) in [5, 5.41) is -0.752. The van der Waals surface area contributed by atoms with Gasteiger partial charge in [-0.25, -0.2) is 0 Å². The average molecular weight is 319 g/mol. The molecule has 1 aromatic carbocycles. The van der Waals surface area contributed by atoms with Gasteiger partial charge in [0.1, 0.15) is 0 Å².